The SMILES string of the molecule is FC(F)(F)Oc1ccc(Nc2ncnc(NCCN3CCOCC3)n2)cc1. The Labute approximate surface area is 153 Å². The van der Waals surface area contributed by atoms with Crippen molar-refractivity contribution in [3.63, 3.8) is 0 Å². The van der Waals surface area contributed by atoms with Crippen LogP contribution in [0, 0.1) is 0 Å². The number of morpholine rings is 1. The van der Waals surface area contributed by atoms with Gasteiger partial charge in [-0.05, 0) is 24.3 Å². The second-order valence-electron chi connectivity index (χ2n) is 5.71. The van der Waals surface area contributed by atoms with Crippen molar-refractivity contribution in [1.82, 2.24) is 19.9 Å². The molecule has 1 aromatic heterocycles. The molecule has 1 aromatic carbocycles. The third-order valence-electron chi connectivity index (χ3n) is 3.73. The van der Waals surface area contributed by atoms with Gasteiger partial charge in [0.05, 0.1) is 13.2 Å². The van der Waals surface area contributed by atoms with E-state index >= 15 is 0 Å². The summed E-state index contributed by atoms with van der Waals surface area (Å²) in [5, 5.41) is 6.03. The van der Waals surface area contributed by atoms with Gasteiger partial charge >= 0.3 is 6.36 Å². The Morgan fingerprint density at radius 2 is 1.78 bits per heavy atom. The van der Waals surface area contributed by atoms with Gasteiger partial charge in [0.15, 0.2) is 0 Å². The number of nitrogens with one attached hydrogen (secondary N) is 2. The van der Waals surface area contributed by atoms with Gasteiger partial charge in [-0.25, -0.2) is 9.97 Å². The molecule has 0 bridgehead atoms. The van der Waals surface area contributed by atoms with Crippen LogP contribution in [0.4, 0.5) is 30.8 Å². The van der Waals surface area contributed by atoms with Gasteiger partial charge in [-0.2, -0.15) is 4.98 Å². The lowest BCUT2D eigenvalue weighted by atomic mass is 10.3. The van der Waals surface area contributed by atoms with Crippen LogP contribution in [-0.2, 0) is 4.74 Å². The fourth-order valence-corrected chi connectivity index (χ4v) is 2.46. The van der Waals surface area contributed by atoms with Crippen molar-refractivity contribution in [2.45, 2.75) is 6.36 Å². The van der Waals surface area contributed by atoms with Gasteiger partial charge in [0, 0.05) is 31.9 Å². The lowest BCUT2D eigenvalue weighted by Crippen LogP contribution is -2.39. The summed E-state index contributed by atoms with van der Waals surface area (Å²) in [5.74, 6) is 0.398. The topological polar surface area (TPSA) is 84.4 Å². The third kappa shape index (κ3) is 6.53. The van der Waals surface area contributed by atoms with Crippen molar-refractivity contribution in [1.29, 1.82) is 0 Å². The van der Waals surface area contributed by atoms with E-state index in [0.717, 1.165) is 32.8 Å². The highest BCUT2D eigenvalue weighted by Gasteiger charge is 2.30. The van der Waals surface area contributed by atoms with Crippen LogP contribution < -0.4 is 15.4 Å². The van der Waals surface area contributed by atoms with Crippen molar-refractivity contribution < 1.29 is 22.6 Å². The third-order valence-corrected chi connectivity index (χ3v) is 3.73. The summed E-state index contributed by atoms with van der Waals surface area (Å²) in [6.07, 6.45) is -3.36. The maximum Gasteiger partial charge on any atom is 0.573 e. The van der Waals surface area contributed by atoms with Gasteiger partial charge in [0.1, 0.15) is 12.1 Å². The average Bonchev–Trinajstić information content (AvgIpc) is 2.63. The van der Waals surface area contributed by atoms with Crippen LogP contribution in [0.1, 0.15) is 0 Å². The molecule has 0 spiro atoms. The highest BCUT2D eigenvalue weighted by atomic mass is 19.4. The molecule has 0 aliphatic carbocycles. The average molecular weight is 384 g/mol. The minimum absolute atomic E-state index is 0.281. The monoisotopic (exact) mass is 384 g/mol. The van der Waals surface area contributed by atoms with Crippen LogP contribution in [0.2, 0.25) is 0 Å². The van der Waals surface area contributed by atoms with Crippen molar-refractivity contribution in [3.8, 4) is 5.75 Å². The lowest BCUT2D eigenvalue weighted by molar-refractivity contribution is -0.274. The first-order valence-corrected chi connectivity index (χ1v) is 8.34. The van der Waals surface area contributed by atoms with Crippen LogP contribution in [0.15, 0.2) is 30.6 Å². The molecule has 1 saturated heterocycles. The molecule has 0 unspecified atom stereocenters. The first-order valence-electron chi connectivity index (χ1n) is 8.34. The Morgan fingerprint density at radius 3 is 2.48 bits per heavy atom. The van der Waals surface area contributed by atoms with E-state index in [-0.39, 0.29) is 11.7 Å². The molecule has 146 valence electrons. The smallest absolute Gasteiger partial charge is 0.406 e. The van der Waals surface area contributed by atoms with E-state index in [1.807, 2.05) is 0 Å². The summed E-state index contributed by atoms with van der Waals surface area (Å²) in [4.78, 5) is 14.6. The standard InChI is InChI=1S/C16H19F3N6O2/c17-16(18,19)27-13-3-1-12(2-4-13)23-15-22-11-21-14(24-15)20-5-6-25-7-9-26-10-8-25/h1-4,11H,5-10H2,(H2,20,21,22,23,24). The Kier molecular flexibility index (Phi) is 6.24. The molecule has 0 saturated carbocycles. The quantitative estimate of drug-likeness (QED) is 0.752. The van der Waals surface area contributed by atoms with E-state index in [1.165, 1.54) is 30.6 Å². The predicted octanol–water partition coefficient (Wildman–Crippen LogP) is 2.26. The zero-order valence-corrected chi connectivity index (χ0v) is 14.4. The molecule has 3 rings (SSSR count). The zero-order valence-electron chi connectivity index (χ0n) is 14.4. The highest BCUT2D eigenvalue weighted by Crippen LogP contribution is 2.24. The van der Waals surface area contributed by atoms with Crippen molar-refractivity contribution >= 4 is 17.6 Å². The Balaban J connectivity index is 1.51. The van der Waals surface area contributed by atoms with Crippen molar-refractivity contribution in [2.24, 2.45) is 0 Å². The molecule has 27 heavy (non-hydrogen) atoms. The number of anilines is 3. The molecule has 0 amide bonds. The van der Waals surface area contributed by atoms with Gasteiger partial charge in [0.2, 0.25) is 11.9 Å². The number of rotatable bonds is 7. The van der Waals surface area contributed by atoms with E-state index in [4.69, 9.17) is 4.74 Å². The summed E-state index contributed by atoms with van der Waals surface area (Å²) in [6.45, 7) is 4.81. The molecule has 2 heterocycles. The summed E-state index contributed by atoms with van der Waals surface area (Å²) in [6, 6.07) is 5.30. The number of hydrogen-bond donors (Lipinski definition) is 2. The number of alkyl halides is 3. The largest absolute Gasteiger partial charge is 0.573 e. The van der Waals surface area contributed by atoms with Crippen LogP contribution >= 0.6 is 0 Å². The highest BCUT2D eigenvalue weighted by molar-refractivity contribution is 5.55. The second kappa shape index (κ2) is 8.82. The summed E-state index contributed by atoms with van der Waals surface area (Å²) < 4.78 is 45.6. The Morgan fingerprint density at radius 1 is 1.07 bits per heavy atom. The number of aromatic nitrogens is 3. The number of nitrogens with zero attached hydrogens (tertiary/aromatic N) is 4. The molecule has 0 atom stereocenters. The second-order valence-corrected chi connectivity index (χ2v) is 5.71. The van der Waals surface area contributed by atoms with E-state index in [1.54, 1.807) is 0 Å². The van der Waals surface area contributed by atoms with Crippen LogP contribution in [0.25, 0.3) is 0 Å². The van der Waals surface area contributed by atoms with E-state index < -0.39 is 6.36 Å². The van der Waals surface area contributed by atoms with Crippen molar-refractivity contribution in [2.75, 3.05) is 50.0 Å². The van der Waals surface area contributed by atoms with Crippen molar-refractivity contribution in [3.05, 3.63) is 30.6 Å². The van der Waals surface area contributed by atoms with Gasteiger partial charge in [0.25, 0.3) is 0 Å². The Hall–Kier alpha value is -2.66. The molecular weight excluding hydrogens is 365 g/mol. The number of hydrogen-bond acceptors (Lipinski definition) is 8. The zero-order chi connectivity index (χ0) is 19.1. The maximum absolute atomic E-state index is 12.2. The molecule has 11 heteroatoms. The van der Waals surface area contributed by atoms with E-state index in [0.29, 0.717) is 18.2 Å². The minimum atomic E-state index is -4.72. The molecule has 2 aromatic rings. The molecule has 1 aliphatic heterocycles. The fourth-order valence-electron chi connectivity index (χ4n) is 2.46. The maximum atomic E-state index is 12.2. The first kappa shape index (κ1) is 19.1. The number of ether oxygens (including phenoxy) is 2. The molecule has 1 aliphatic rings. The van der Waals surface area contributed by atoms with E-state index in [9.17, 15) is 13.2 Å². The summed E-state index contributed by atoms with van der Waals surface area (Å²) in [7, 11) is 0. The minimum Gasteiger partial charge on any atom is -0.406 e. The molecular formula is C16H19F3N6O2. The van der Waals surface area contributed by atoms with Gasteiger partial charge in [-0.3, -0.25) is 4.90 Å². The normalized spacial score (nSPS) is 15.4. The van der Waals surface area contributed by atoms with Crippen LogP contribution in [-0.4, -0.2) is 65.6 Å². The van der Waals surface area contributed by atoms with Gasteiger partial charge < -0.3 is 20.1 Å². The summed E-state index contributed by atoms with van der Waals surface area (Å²) in [5.41, 5.74) is 0.523. The van der Waals surface area contributed by atoms with Crippen LogP contribution in [0.5, 0.6) is 5.75 Å². The Bertz CT molecular complexity index is 723. The molecule has 0 radical (unpaired) electrons. The summed E-state index contributed by atoms with van der Waals surface area (Å²) >= 11 is 0. The number of benzene rings is 1. The molecule has 2 N–H and O–H groups in total. The van der Waals surface area contributed by atoms with Gasteiger partial charge in [-0.15, -0.1) is 13.2 Å². The fraction of sp³-hybridized carbons (Fsp3) is 0.438. The lowest BCUT2D eigenvalue weighted by Gasteiger charge is -2.26. The van der Waals surface area contributed by atoms with Crippen LogP contribution in [0.3, 0.4) is 0 Å². The number of halogens is 3. The first-order chi connectivity index (χ1) is 13.0. The molecule has 8 nitrogen and oxygen atoms in total. The predicted molar refractivity (Wildman–Crippen MR) is 92.0 cm³/mol. The molecule has 1 fully saturated rings. The van der Waals surface area contributed by atoms with E-state index in [2.05, 4.69) is 35.2 Å². The van der Waals surface area contributed by atoms with Gasteiger partial charge in [-0.1, -0.05) is 0 Å².